The van der Waals surface area contributed by atoms with E-state index in [4.69, 9.17) is 5.11 Å². The Morgan fingerprint density at radius 3 is 2.83 bits per heavy atom. The highest BCUT2D eigenvalue weighted by molar-refractivity contribution is 5.87. The molecule has 0 aromatic carbocycles. The van der Waals surface area contributed by atoms with Crippen molar-refractivity contribution in [1.29, 1.82) is 0 Å². The van der Waals surface area contributed by atoms with E-state index in [-0.39, 0.29) is 11.1 Å². The average molecular weight is 244 g/mol. The molecule has 2 heterocycles. The van der Waals surface area contributed by atoms with Gasteiger partial charge in [-0.2, -0.15) is 0 Å². The van der Waals surface area contributed by atoms with E-state index in [0.29, 0.717) is 13.0 Å². The van der Waals surface area contributed by atoms with Gasteiger partial charge in [0.2, 0.25) is 0 Å². The maximum atomic E-state index is 11.6. The van der Waals surface area contributed by atoms with Crippen molar-refractivity contribution in [3.63, 3.8) is 0 Å². The summed E-state index contributed by atoms with van der Waals surface area (Å²) in [7, 11) is 0. The summed E-state index contributed by atoms with van der Waals surface area (Å²) in [4.78, 5) is 26.3. The van der Waals surface area contributed by atoms with Gasteiger partial charge in [-0.15, -0.1) is 0 Å². The van der Waals surface area contributed by atoms with Gasteiger partial charge in [-0.3, -0.25) is 9.78 Å². The zero-order chi connectivity index (χ0) is 13.0. The molecule has 2 rings (SSSR count). The largest absolute Gasteiger partial charge is 0.478 e. The zero-order valence-electron chi connectivity index (χ0n) is 9.61. The Hall–Kier alpha value is -2.43. The summed E-state index contributed by atoms with van der Waals surface area (Å²) in [5.74, 6) is -1.09. The minimum Gasteiger partial charge on any atom is -0.478 e. The molecule has 92 valence electrons. The van der Waals surface area contributed by atoms with Crippen molar-refractivity contribution in [2.24, 2.45) is 0 Å². The lowest BCUT2D eigenvalue weighted by molar-refractivity contribution is 0.0696. The van der Waals surface area contributed by atoms with Crippen molar-refractivity contribution in [3.8, 4) is 0 Å². The number of aromatic carboxylic acids is 1. The van der Waals surface area contributed by atoms with E-state index < -0.39 is 5.97 Å². The van der Waals surface area contributed by atoms with Gasteiger partial charge in [-0.1, -0.05) is 6.07 Å². The molecule has 0 radical (unpaired) electrons. The van der Waals surface area contributed by atoms with Crippen molar-refractivity contribution in [1.82, 2.24) is 9.55 Å². The van der Waals surface area contributed by atoms with Gasteiger partial charge >= 0.3 is 5.97 Å². The lowest BCUT2D eigenvalue weighted by atomic mass is 10.2. The van der Waals surface area contributed by atoms with Crippen LogP contribution in [0.3, 0.4) is 0 Å². The van der Waals surface area contributed by atoms with Gasteiger partial charge < -0.3 is 9.67 Å². The van der Waals surface area contributed by atoms with Crippen LogP contribution in [0.4, 0.5) is 0 Å². The fourth-order valence-corrected chi connectivity index (χ4v) is 1.62. The van der Waals surface area contributed by atoms with Crippen LogP contribution < -0.4 is 5.56 Å². The molecule has 5 nitrogen and oxygen atoms in total. The van der Waals surface area contributed by atoms with Crippen LogP contribution in [-0.2, 0) is 13.0 Å². The first-order chi connectivity index (χ1) is 8.66. The summed E-state index contributed by atoms with van der Waals surface area (Å²) in [6.07, 6.45) is 5.62. The summed E-state index contributed by atoms with van der Waals surface area (Å²) >= 11 is 0. The van der Waals surface area contributed by atoms with Gasteiger partial charge in [0, 0.05) is 31.2 Å². The van der Waals surface area contributed by atoms with Gasteiger partial charge in [0.05, 0.1) is 5.56 Å². The smallest absolute Gasteiger partial charge is 0.335 e. The Morgan fingerprint density at radius 1 is 1.39 bits per heavy atom. The quantitative estimate of drug-likeness (QED) is 0.876. The molecule has 0 atom stereocenters. The fraction of sp³-hybridized carbons (Fsp3) is 0.154. The number of carboxylic acids is 1. The van der Waals surface area contributed by atoms with E-state index in [2.05, 4.69) is 4.98 Å². The van der Waals surface area contributed by atoms with Crippen molar-refractivity contribution in [2.45, 2.75) is 13.0 Å². The second-order valence-corrected chi connectivity index (χ2v) is 3.86. The van der Waals surface area contributed by atoms with Gasteiger partial charge in [0.15, 0.2) is 0 Å². The molecule has 5 heteroatoms. The van der Waals surface area contributed by atoms with Crippen molar-refractivity contribution in [3.05, 3.63) is 64.3 Å². The first kappa shape index (κ1) is 12.0. The predicted molar refractivity (Wildman–Crippen MR) is 65.6 cm³/mol. The minimum atomic E-state index is -1.09. The molecular weight excluding hydrogens is 232 g/mol. The number of pyridine rings is 2. The van der Waals surface area contributed by atoms with Crippen LogP contribution in [0.15, 0.2) is 47.7 Å². The number of aryl methyl sites for hydroxylation is 2. The van der Waals surface area contributed by atoms with E-state index in [1.165, 1.54) is 16.8 Å². The number of rotatable bonds is 4. The monoisotopic (exact) mass is 244 g/mol. The molecular formula is C13H12N2O3. The molecule has 0 bridgehead atoms. The molecule has 1 N–H and O–H groups in total. The molecule has 0 aliphatic rings. The Kier molecular flexibility index (Phi) is 3.52. The first-order valence-electron chi connectivity index (χ1n) is 5.49. The molecule has 0 fully saturated rings. The fourth-order valence-electron chi connectivity index (χ4n) is 1.62. The second-order valence-electron chi connectivity index (χ2n) is 3.86. The van der Waals surface area contributed by atoms with Gasteiger partial charge in [-0.05, 0) is 24.1 Å². The van der Waals surface area contributed by atoms with E-state index >= 15 is 0 Å². The maximum Gasteiger partial charge on any atom is 0.335 e. The Balaban J connectivity index is 2.11. The number of nitrogens with zero attached hydrogens (tertiary/aromatic N) is 2. The topological polar surface area (TPSA) is 72.2 Å². The molecule has 0 saturated carbocycles. The third-order valence-corrected chi connectivity index (χ3v) is 2.61. The molecule has 0 saturated heterocycles. The standard InChI is InChI=1S/C13H12N2O3/c16-12-8-11(13(17)18)4-7-15(12)6-3-10-2-1-5-14-9-10/h1-2,4-5,7-9H,3,6H2,(H,17,18). The van der Waals surface area contributed by atoms with Crippen LogP contribution >= 0.6 is 0 Å². The lowest BCUT2D eigenvalue weighted by Gasteiger charge is -2.05. The number of carboxylic acid groups (broad SMARTS) is 1. The summed E-state index contributed by atoms with van der Waals surface area (Å²) < 4.78 is 1.49. The van der Waals surface area contributed by atoms with Crippen molar-refractivity contribution < 1.29 is 9.90 Å². The maximum absolute atomic E-state index is 11.6. The van der Waals surface area contributed by atoms with Gasteiger partial charge in [0.1, 0.15) is 0 Å². The molecule has 18 heavy (non-hydrogen) atoms. The Morgan fingerprint density at radius 2 is 2.22 bits per heavy atom. The third-order valence-electron chi connectivity index (χ3n) is 2.61. The van der Waals surface area contributed by atoms with Crippen LogP contribution in [-0.4, -0.2) is 20.6 Å². The molecule has 0 aliphatic heterocycles. The summed E-state index contributed by atoms with van der Waals surface area (Å²) in [6.45, 7) is 0.504. The van der Waals surface area contributed by atoms with Crippen LogP contribution in [0.25, 0.3) is 0 Å². The highest BCUT2D eigenvalue weighted by Gasteiger charge is 2.04. The van der Waals surface area contributed by atoms with E-state index in [1.807, 2.05) is 12.1 Å². The van der Waals surface area contributed by atoms with Crippen molar-refractivity contribution in [2.75, 3.05) is 0 Å². The molecule has 0 unspecified atom stereocenters. The van der Waals surface area contributed by atoms with E-state index in [1.54, 1.807) is 12.4 Å². The lowest BCUT2D eigenvalue weighted by Crippen LogP contribution is -2.21. The van der Waals surface area contributed by atoms with Crippen LogP contribution in [0.2, 0.25) is 0 Å². The number of carbonyl (C=O) groups is 1. The predicted octanol–water partition coefficient (Wildman–Crippen LogP) is 1.18. The average Bonchev–Trinajstić information content (AvgIpc) is 2.38. The molecule has 0 spiro atoms. The van der Waals surface area contributed by atoms with Crippen LogP contribution in [0.1, 0.15) is 15.9 Å². The molecule has 0 aliphatic carbocycles. The van der Waals surface area contributed by atoms with E-state index in [0.717, 1.165) is 11.6 Å². The first-order valence-corrected chi connectivity index (χ1v) is 5.49. The third kappa shape index (κ3) is 2.82. The van der Waals surface area contributed by atoms with E-state index in [9.17, 15) is 9.59 Å². The summed E-state index contributed by atoms with van der Waals surface area (Å²) in [5, 5.41) is 8.75. The molecule has 0 amide bonds. The highest BCUT2D eigenvalue weighted by Crippen LogP contribution is 2.00. The Labute approximate surface area is 103 Å². The zero-order valence-corrected chi connectivity index (χ0v) is 9.61. The molecule has 2 aromatic heterocycles. The number of aromatic nitrogens is 2. The second kappa shape index (κ2) is 5.27. The Bertz CT molecular complexity index is 605. The van der Waals surface area contributed by atoms with Crippen LogP contribution in [0.5, 0.6) is 0 Å². The van der Waals surface area contributed by atoms with Crippen molar-refractivity contribution >= 4 is 5.97 Å². The summed E-state index contributed by atoms with van der Waals surface area (Å²) in [6, 6.07) is 6.33. The van der Waals surface area contributed by atoms with Gasteiger partial charge in [0.25, 0.3) is 5.56 Å². The molecule has 2 aromatic rings. The summed E-state index contributed by atoms with van der Waals surface area (Å²) in [5.41, 5.74) is 0.739. The minimum absolute atomic E-state index is 0.0117. The number of hydrogen-bond acceptors (Lipinski definition) is 3. The normalized spacial score (nSPS) is 10.2. The SMILES string of the molecule is O=C(O)c1ccn(CCc2cccnc2)c(=O)c1. The number of hydrogen-bond donors (Lipinski definition) is 1. The van der Waals surface area contributed by atoms with Gasteiger partial charge in [-0.25, -0.2) is 4.79 Å². The van der Waals surface area contributed by atoms with Crippen LogP contribution in [0, 0.1) is 0 Å². The highest BCUT2D eigenvalue weighted by atomic mass is 16.4.